The molecule has 0 aromatic carbocycles. The summed E-state index contributed by atoms with van der Waals surface area (Å²) in [6.07, 6.45) is 6.60. The molecule has 1 saturated carbocycles. The Labute approximate surface area is 134 Å². The summed E-state index contributed by atoms with van der Waals surface area (Å²) in [4.78, 5) is 20.2. The maximum atomic E-state index is 13.4. The maximum Gasteiger partial charge on any atom is 0.243 e. The summed E-state index contributed by atoms with van der Waals surface area (Å²) in [5.41, 5.74) is -0.229. The van der Waals surface area contributed by atoms with Crippen molar-refractivity contribution in [3.63, 3.8) is 0 Å². The molecule has 0 aromatic rings. The number of hydrogen-bond donors (Lipinski definition) is 0. The van der Waals surface area contributed by atoms with Crippen molar-refractivity contribution < 1.29 is 9.53 Å². The fraction of sp³-hybridized carbons (Fsp3) is 0.941. The Balaban J connectivity index is 1.73. The molecular formula is C17H31N3O2. The molecule has 22 heavy (non-hydrogen) atoms. The number of likely N-dealkylation sites (N-methyl/N-ethyl adjacent to an activating group) is 2. The van der Waals surface area contributed by atoms with E-state index in [-0.39, 0.29) is 11.6 Å². The minimum absolute atomic E-state index is 0.229. The topological polar surface area (TPSA) is 36.0 Å². The molecule has 0 aromatic heterocycles. The average Bonchev–Trinajstić information content (AvgIpc) is 3.06. The van der Waals surface area contributed by atoms with Crippen LogP contribution < -0.4 is 0 Å². The summed E-state index contributed by atoms with van der Waals surface area (Å²) < 4.78 is 5.59. The lowest BCUT2D eigenvalue weighted by Crippen LogP contribution is -2.63. The number of piperazine rings is 1. The molecule has 5 nitrogen and oxygen atoms in total. The highest BCUT2D eigenvalue weighted by Crippen LogP contribution is 2.38. The molecule has 3 fully saturated rings. The molecule has 3 rings (SSSR count). The predicted octanol–water partition coefficient (Wildman–Crippen LogP) is 1.18. The van der Waals surface area contributed by atoms with Crippen LogP contribution in [0.1, 0.15) is 38.5 Å². The summed E-state index contributed by atoms with van der Waals surface area (Å²) in [5.74, 6) is 0.352. The van der Waals surface area contributed by atoms with Crippen molar-refractivity contribution in [3.05, 3.63) is 0 Å². The van der Waals surface area contributed by atoms with E-state index in [2.05, 4.69) is 16.8 Å². The molecular weight excluding hydrogens is 278 g/mol. The van der Waals surface area contributed by atoms with E-state index in [1.165, 1.54) is 12.8 Å². The highest BCUT2D eigenvalue weighted by atomic mass is 16.5. The van der Waals surface area contributed by atoms with Gasteiger partial charge in [0.1, 0.15) is 5.54 Å². The molecule has 5 heteroatoms. The van der Waals surface area contributed by atoms with E-state index >= 15 is 0 Å². The minimum Gasteiger partial charge on any atom is -0.379 e. The summed E-state index contributed by atoms with van der Waals surface area (Å²) in [6.45, 7) is 5.76. The van der Waals surface area contributed by atoms with Crippen molar-refractivity contribution in [2.24, 2.45) is 0 Å². The number of hydrogen-bond acceptors (Lipinski definition) is 4. The van der Waals surface area contributed by atoms with E-state index in [4.69, 9.17) is 4.74 Å². The van der Waals surface area contributed by atoms with E-state index in [1.54, 1.807) is 0 Å². The molecule has 0 spiro atoms. The van der Waals surface area contributed by atoms with E-state index < -0.39 is 0 Å². The first-order chi connectivity index (χ1) is 10.6. The van der Waals surface area contributed by atoms with Crippen molar-refractivity contribution in [1.82, 2.24) is 14.7 Å². The van der Waals surface area contributed by atoms with Crippen LogP contribution in [0.5, 0.6) is 0 Å². The molecule has 1 aliphatic carbocycles. The first-order valence-electron chi connectivity index (χ1n) is 8.92. The van der Waals surface area contributed by atoms with Gasteiger partial charge >= 0.3 is 0 Å². The summed E-state index contributed by atoms with van der Waals surface area (Å²) in [7, 11) is 4.17. The van der Waals surface area contributed by atoms with E-state index in [0.717, 1.165) is 58.5 Å². The summed E-state index contributed by atoms with van der Waals surface area (Å²) in [6, 6.07) is 0.270. The zero-order valence-corrected chi connectivity index (χ0v) is 14.2. The second kappa shape index (κ2) is 6.85. The third kappa shape index (κ3) is 3.03. The SMILES string of the molecule is CN1CCN(C2(C(=O)N(C)C3CCCOC3)CCCC2)CC1. The Morgan fingerprint density at radius 2 is 1.82 bits per heavy atom. The van der Waals surface area contributed by atoms with Gasteiger partial charge in [0.25, 0.3) is 0 Å². The zero-order valence-electron chi connectivity index (χ0n) is 14.2. The van der Waals surface area contributed by atoms with Gasteiger partial charge in [0.15, 0.2) is 0 Å². The van der Waals surface area contributed by atoms with Crippen LogP contribution in [0.15, 0.2) is 0 Å². The zero-order chi connectivity index (χ0) is 15.6. The first kappa shape index (κ1) is 16.2. The van der Waals surface area contributed by atoms with Crippen molar-refractivity contribution >= 4 is 5.91 Å². The van der Waals surface area contributed by atoms with E-state index in [9.17, 15) is 4.79 Å². The van der Waals surface area contributed by atoms with E-state index in [1.807, 2.05) is 11.9 Å². The Morgan fingerprint density at radius 1 is 1.14 bits per heavy atom. The van der Waals surface area contributed by atoms with Crippen LogP contribution in [0.25, 0.3) is 0 Å². The lowest BCUT2D eigenvalue weighted by atomic mass is 9.91. The second-order valence-electron chi connectivity index (χ2n) is 7.32. The Kier molecular flexibility index (Phi) is 5.05. The number of carbonyl (C=O) groups is 1. The average molecular weight is 309 g/mol. The second-order valence-corrected chi connectivity index (χ2v) is 7.32. The molecule has 2 saturated heterocycles. The molecule has 126 valence electrons. The van der Waals surface area contributed by atoms with Gasteiger partial charge in [0.05, 0.1) is 12.6 Å². The smallest absolute Gasteiger partial charge is 0.243 e. The van der Waals surface area contributed by atoms with Crippen molar-refractivity contribution in [3.8, 4) is 0 Å². The number of ether oxygens (including phenoxy) is 1. The number of amides is 1. The van der Waals surface area contributed by atoms with Gasteiger partial charge in [0, 0.05) is 39.8 Å². The van der Waals surface area contributed by atoms with Crippen LogP contribution in [0.3, 0.4) is 0 Å². The molecule has 0 bridgehead atoms. The molecule has 2 heterocycles. The van der Waals surface area contributed by atoms with Gasteiger partial charge in [-0.2, -0.15) is 0 Å². The normalized spacial score (nSPS) is 30.4. The van der Waals surface area contributed by atoms with Gasteiger partial charge in [-0.15, -0.1) is 0 Å². The monoisotopic (exact) mass is 309 g/mol. The van der Waals surface area contributed by atoms with Crippen molar-refractivity contribution in [2.45, 2.75) is 50.1 Å². The molecule has 0 radical (unpaired) electrons. The Hall–Kier alpha value is -0.650. The van der Waals surface area contributed by atoms with Crippen LogP contribution >= 0.6 is 0 Å². The molecule has 1 atom stereocenters. The lowest BCUT2D eigenvalue weighted by molar-refractivity contribution is -0.149. The fourth-order valence-corrected chi connectivity index (χ4v) is 4.38. The third-order valence-corrected chi connectivity index (χ3v) is 5.94. The van der Waals surface area contributed by atoms with E-state index in [0.29, 0.717) is 12.5 Å². The molecule has 1 unspecified atom stereocenters. The van der Waals surface area contributed by atoms with Crippen LogP contribution in [0.4, 0.5) is 0 Å². The fourth-order valence-electron chi connectivity index (χ4n) is 4.38. The third-order valence-electron chi connectivity index (χ3n) is 5.94. The van der Waals surface area contributed by atoms with Crippen LogP contribution in [0, 0.1) is 0 Å². The lowest BCUT2D eigenvalue weighted by Gasteiger charge is -2.47. The van der Waals surface area contributed by atoms with Crippen LogP contribution in [-0.2, 0) is 9.53 Å². The van der Waals surface area contributed by atoms with Crippen molar-refractivity contribution in [2.75, 3.05) is 53.5 Å². The standard InChI is InChI=1S/C17H31N3O2/c1-18-9-11-20(12-10-18)17(7-3-4-8-17)16(21)19(2)15-6-5-13-22-14-15/h15H,3-14H2,1-2H3. The highest BCUT2D eigenvalue weighted by Gasteiger charge is 2.48. The highest BCUT2D eigenvalue weighted by molar-refractivity contribution is 5.87. The van der Waals surface area contributed by atoms with Gasteiger partial charge in [-0.05, 0) is 32.7 Å². The van der Waals surface area contributed by atoms with Gasteiger partial charge in [-0.25, -0.2) is 0 Å². The Bertz CT molecular complexity index is 381. The molecule has 1 amide bonds. The molecule has 0 N–H and O–H groups in total. The largest absolute Gasteiger partial charge is 0.379 e. The van der Waals surface area contributed by atoms with Gasteiger partial charge in [-0.1, -0.05) is 12.8 Å². The molecule has 2 aliphatic heterocycles. The van der Waals surface area contributed by atoms with Crippen LogP contribution in [-0.4, -0.2) is 85.7 Å². The quantitative estimate of drug-likeness (QED) is 0.784. The van der Waals surface area contributed by atoms with Crippen molar-refractivity contribution in [1.29, 1.82) is 0 Å². The number of nitrogens with zero attached hydrogens (tertiary/aromatic N) is 3. The van der Waals surface area contributed by atoms with Gasteiger partial charge < -0.3 is 14.5 Å². The first-order valence-corrected chi connectivity index (χ1v) is 8.92. The maximum absolute atomic E-state index is 13.4. The number of carbonyl (C=O) groups excluding carboxylic acids is 1. The predicted molar refractivity (Wildman–Crippen MR) is 86.9 cm³/mol. The van der Waals surface area contributed by atoms with Gasteiger partial charge in [0.2, 0.25) is 5.91 Å². The molecule has 3 aliphatic rings. The summed E-state index contributed by atoms with van der Waals surface area (Å²) >= 11 is 0. The summed E-state index contributed by atoms with van der Waals surface area (Å²) in [5, 5.41) is 0. The van der Waals surface area contributed by atoms with Gasteiger partial charge in [-0.3, -0.25) is 9.69 Å². The number of rotatable bonds is 3. The Morgan fingerprint density at radius 3 is 2.41 bits per heavy atom. The van der Waals surface area contributed by atoms with Crippen LogP contribution in [0.2, 0.25) is 0 Å². The minimum atomic E-state index is -0.229.